The topological polar surface area (TPSA) is 118 Å². The van der Waals surface area contributed by atoms with Crippen molar-refractivity contribution in [2.24, 2.45) is 0 Å². The standard InChI is InChI=1S/C28H45BN4O6/c1-20(2)30-26(36)31-22(19-24(34)33-15-17-37-18-16-33)25(35)32-23(14-10-13-21-11-8-7-9-12-21)29-38-27(3,4)28(5,6)39-29/h7-9,11-12,20,22-23H,10,13-19H2,1-6H3,(H,32,35)(H2,30,31,36)/t22?,23-/m0/s1. The Kier molecular flexibility index (Phi) is 10.8. The predicted molar refractivity (Wildman–Crippen MR) is 150 cm³/mol. The van der Waals surface area contributed by atoms with Gasteiger partial charge in [0.25, 0.3) is 0 Å². The Morgan fingerprint density at radius 2 is 1.56 bits per heavy atom. The van der Waals surface area contributed by atoms with Gasteiger partial charge in [-0.2, -0.15) is 0 Å². The second-order valence-electron chi connectivity index (χ2n) is 11.6. The van der Waals surface area contributed by atoms with Gasteiger partial charge in [-0.3, -0.25) is 9.59 Å². The number of morpholine rings is 1. The van der Waals surface area contributed by atoms with Gasteiger partial charge in [0.15, 0.2) is 0 Å². The Labute approximate surface area is 233 Å². The Morgan fingerprint density at radius 1 is 0.949 bits per heavy atom. The third kappa shape index (κ3) is 8.94. The van der Waals surface area contributed by atoms with E-state index in [0.717, 1.165) is 12.8 Å². The molecule has 0 radical (unpaired) electrons. The van der Waals surface area contributed by atoms with E-state index in [-0.39, 0.29) is 18.4 Å². The quantitative estimate of drug-likeness (QED) is 0.369. The first-order chi connectivity index (χ1) is 18.4. The van der Waals surface area contributed by atoms with Crippen molar-refractivity contribution in [1.29, 1.82) is 0 Å². The van der Waals surface area contributed by atoms with Crippen molar-refractivity contribution in [2.75, 3.05) is 26.3 Å². The van der Waals surface area contributed by atoms with E-state index in [1.807, 2.05) is 59.7 Å². The fourth-order valence-corrected chi connectivity index (χ4v) is 4.57. The van der Waals surface area contributed by atoms with Crippen LogP contribution in [0.4, 0.5) is 4.79 Å². The number of ether oxygens (including phenoxy) is 1. The Balaban J connectivity index is 1.74. The first-order valence-electron chi connectivity index (χ1n) is 14.0. The summed E-state index contributed by atoms with van der Waals surface area (Å²) in [6.07, 6.45) is 2.07. The summed E-state index contributed by atoms with van der Waals surface area (Å²) in [7, 11) is -0.671. The van der Waals surface area contributed by atoms with Crippen LogP contribution in [-0.4, -0.2) is 85.4 Å². The lowest BCUT2D eigenvalue weighted by atomic mass is 9.75. The van der Waals surface area contributed by atoms with Gasteiger partial charge in [-0.1, -0.05) is 30.3 Å². The molecule has 0 aromatic heterocycles. The third-order valence-electron chi connectivity index (χ3n) is 7.54. The zero-order chi connectivity index (χ0) is 28.6. The van der Waals surface area contributed by atoms with Crippen LogP contribution in [0, 0.1) is 0 Å². The molecule has 2 fully saturated rings. The number of aryl methyl sites for hydroxylation is 1. The van der Waals surface area contributed by atoms with Crippen LogP contribution in [0.1, 0.15) is 66.4 Å². The van der Waals surface area contributed by atoms with Crippen LogP contribution in [0.3, 0.4) is 0 Å². The van der Waals surface area contributed by atoms with E-state index < -0.39 is 42.2 Å². The van der Waals surface area contributed by atoms with E-state index in [2.05, 4.69) is 28.1 Å². The minimum Gasteiger partial charge on any atom is -0.402 e. The van der Waals surface area contributed by atoms with E-state index in [4.69, 9.17) is 14.0 Å². The maximum atomic E-state index is 13.6. The molecule has 1 aromatic carbocycles. The number of hydrogen-bond donors (Lipinski definition) is 3. The fourth-order valence-electron chi connectivity index (χ4n) is 4.57. The molecule has 0 aliphatic carbocycles. The number of urea groups is 1. The van der Waals surface area contributed by atoms with Gasteiger partial charge in [-0.05, 0) is 66.4 Å². The lowest BCUT2D eigenvalue weighted by molar-refractivity contribution is -0.138. The normalized spacial score (nSPS) is 19.9. The summed E-state index contributed by atoms with van der Waals surface area (Å²) in [5, 5.41) is 8.51. The van der Waals surface area contributed by atoms with Gasteiger partial charge in [0.1, 0.15) is 6.04 Å². The minimum absolute atomic E-state index is 0.126. The zero-order valence-corrected chi connectivity index (χ0v) is 24.2. The molecule has 11 heteroatoms. The predicted octanol–water partition coefficient (Wildman–Crippen LogP) is 2.45. The van der Waals surface area contributed by atoms with Crippen molar-refractivity contribution < 1.29 is 28.4 Å². The molecule has 2 aliphatic heterocycles. The second-order valence-corrected chi connectivity index (χ2v) is 11.6. The molecule has 2 aliphatic rings. The SMILES string of the molecule is CC(C)NC(=O)NC(CC(=O)N1CCOCC1)C(=O)N[C@@H](CCCc1ccccc1)B1OC(C)(C)C(C)(C)O1. The molecule has 39 heavy (non-hydrogen) atoms. The molecule has 2 atom stereocenters. The molecule has 3 rings (SSSR count). The van der Waals surface area contributed by atoms with Crippen molar-refractivity contribution in [3.05, 3.63) is 35.9 Å². The smallest absolute Gasteiger partial charge is 0.402 e. The van der Waals surface area contributed by atoms with Crippen LogP contribution in [0.2, 0.25) is 0 Å². The molecule has 0 spiro atoms. The van der Waals surface area contributed by atoms with Crippen LogP contribution in [0.15, 0.2) is 30.3 Å². The van der Waals surface area contributed by atoms with Crippen molar-refractivity contribution in [2.45, 2.75) is 96.5 Å². The number of rotatable bonds is 11. The molecule has 0 saturated carbocycles. The number of nitrogens with one attached hydrogen (secondary N) is 3. The molecular weight excluding hydrogens is 499 g/mol. The van der Waals surface area contributed by atoms with Crippen molar-refractivity contribution in [3.8, 4) is 0 Å². The summed E-state index contributed by atoms with van der Waals surface area (Å²) in [6.45, 7) is 13.4. The van der Waals surface area contributed by atoms with Crippen LogP contribution >= 0.6 is 0 Å². The lowest BCUT2D eigenvalue weighted by Crippen LogP contribution is -2.57. The molecular formula is C28H45BN4O6. The fraction of sp³-hybridized carbons (Fsp3) is 0.679. The molecule has 216 valence electrons. The minimum atomic E-state index is -1.06. The number of carbonyl (C=O) groups excluding carboxylic acids is 3. The Morgan fingerprint density at radius 3 is 2.15 bits per heavy atom. The maximum Gasteiger partial charge on any atom is 0.481 e. The molecule has 2 saturated heterocycles. The van der Waals surface area contributed by atoms with E-state index in [1.54, 1.807) is 4.90 Å². The molecule has 1 unspecified atom stereocenters. The highest BCUT2D eigenvalue weighted by molar-refractivity contribution is 6.48. The molecule has 10 nitrogen and oxygen atoms in total. The average Bonchev–Trinajstić information content (AvgIpc) is 3.10. The molecule has 3 N–H and O–H groups in total. The van der Waals surface area contributed by atoms with E-state index in [9.17, 15) is 14.4 Å². The van der Waals surface area contributed by atoms with Gasteiger partial charge in [0.05, 0.1) is 36.8 Å². The molecule has 4 amide bonds. The second kappa shape index (κ2) is 13.6. The van der Waals surface area contributed by atoms with Gasteiger partial charge in [-0.15, -0.1) is 0 Å². The monoisotopic (exact) mass is 544 g/mol. The number of carbonyl (C=O) groups is 3. The highest BCUT2D eigenvalue weighted by Gasteiger charge is 2.54. The summed E-state index contributed by atoms with van der Waals surface area (Å²) in [5.74, 6) is -1.13. The highest BCUT2D eigenvalue weighted by atomic mass is 16.7. The van der Waals surface area contributed by atoms with Crippen molar-refractivity contribution >= 4 is 25.0 Å². The number of benzene rings is 1. The summed E-state index contributed by atoms with van der Waals surface area (Å²) >= 11 is 0. The van der Waals surface area contributed by atoms with E-state index in [0.29, 0.717) is 32.7 Å². The van der Waals surface area contributed by atoms with Gasteiger partial charge in [-0.25, -0.2) is 4.79 Å². The molecule has 0 bridgehead atoms. The molecule has 2 heterocycles. The number of hydrogen-bond acceptors (Lipinski definition) is 6. The summed E-state index contributed by atoms with van der Waals surface area (Å²) in [4.78, 5) is 40.9. The number of amides is 4. The van der Waals surface area contributed by atoms with Crippen LogP contribution in [0.5, 0.6) is 0 Å². The van der Waals surface area contributed by atoms with Gasteiger partial charge in [0.2, 0.25) is 11.8 Å². The van der Waals surface area contributed by atoms with E-state index >= 15 is 0 Å². The summed E-state index contributed by atoms with van der Waals surface area (Å²) < 4.78 is 17.9. The van der Waals surface area contributed by atoms with Crippen LogP contribution < -0.4 is 16.0 Å². The van der Waals surface area contributed by atoms with Crippen molar-refractivity contribution in [3.63, 3.8) is 0 Å². The summed E-state index contributed by atoms with van der Waals surface area (Å²) in [6, 6.07) is 8.46. The Hall–Kier alpha value is -2.63. The largest absolute Gasteiger partial charge is 0.481 e. The van der Waals surface area contributed by atoms with Crippen LogP contribution in [0.25, 0.3) is 0 Å². The zero-order valence-electron chi connectivity index (χ0n) is 24.2. The van der Waals surface area contributed by atoms with E-state index in [1.165, 1.54) is 5.56 Å². The van der Waals surface area contributed by atoms with Gasteiger partial charge >= 0.3 is 13.1 Å². The van der Waals surface area contributed by atoms with Crippen LogP contribution in [-0.2, 0) is 30.1 Å². The first kappa shape index (κ1) is 30.9. The maximum absolute atomic E-state index is 13.6. The first-order valence-corrected chi connectivity index (χ1v) is 14.0. The molecule has 1 aromatic rings. The lowest BCUT2D eigenvalue weighted by Gasteiger charge is -2.32. The third-order valence-corrected chi connectivity index (χ3v) is 7.54. The summed E-state index contributed by atoms with van der Waals surface area (Å²) in [5.41, 5.74) is 0.0695. The highest BCUT2D eigenvalue weighted by Crippen LogP contribution is 2.38. The number of nitrogens with zero attached hydrogens (tertiary/aromatic N) is 1. The van der Waals surface area contributed by atoms with Gasteiger partial charge in [0, 0.05) is 19.1 Å². The van der Waals surface area contributed by atoms with Crippen molar-refractivity contribution in [1.82, 2.24) is 20.9 Å². The van der Waals surface area contributed by atoms with Gasteiger partial charge < -0.3 is 34.9 Å². The Bertz CT molecular complexity index is 952. The average molecular weight is 545 g/mol.